The van der Waals surface area contributed by atoms with Gasteiger partial charge in [0.05, 0.1) is 19.1 Å². The minimum Gasteiger partial charge on any atom is -0.497 e. The second-order valence-corrected chi connectivity index (χ2v) is 9.08. The van der Waals surface area contributed by atoms with Crippen molar-refractivity contribution in [3.63, 3.8) is 0 Å². The van der Waals surface area contributed by atoms with E-state index in [1.807, 2.05) is 48.5 Å². The van der Waals surface area contributed by atoms with Gasteiger partial charge < -0.3 is 19.8 Å². The topological polar surface area (TPSA) is 80.6 Å². The van der Waals surface area contributed by atoms with E-state index in [2.05, 4.69) is 10.6 Å². The molecule has 0 atom stereocenters. The minimum atomic E-state index is -0.479. The van der Waals surface area contributed by atoms with Crippen molar-refractivity contribution >= 4 is 46.9 Å². The molecular formula is C28H23ClN2O4S. The highest BCUT2D eigenvalue weighted by Crippen LogP contribution is 2.30. The normalized spacial score (nSPS) is 11.1. The number of benzene rings is 3. The number of rotatable bonds is 9. The third-order valence-electron chi connectivity index (χ3n) is 5.12. The largest absolute Gasteiger partial charge is 0.497 e. The molecule has 0 aliphatic rings. The van der Waals surface area contributed by atoms with E-state index >= 15 is 0 Å². The molecule has 0 saturated carbocycles. The molecule has 0 saturated heterocycles. The highest BCUT2D eigenvalue weighted by atomic mass is 35.5. The third-order valence-corrected chi connectivity index (χ3v) is 6.51. The molecule has 0 radical (unpaired) electrons. The predicted octanol–water partition coefficient (Wildman–Crippen LogP) is 6.64. The summed E-state index contributed by atoms with van der Waals surface area (Å²) >= 11 is 7.56. The van der Waals surface area contributed by atoms with E-state index in [9.17, 15) is 9.59 Å². The average Bonchev–Trinajstić information content (AvgIpc) is 3.42. The number of methoxy groups -OCH3 is 1. The molecule has 3 aromatic carbocycles. The lowest BCUT2D eigenvalue weighted by molar-refractivity contribution is -0.113. The monoisotopic (exact) mass is 518 g/mol. The standard InChI is InChI=1S/C28H23ClN2O4S/c1-34-22-14-10-20(11-15-22)27(32)31-25(17-23-5-4-16-35-23)28(33)30-24-6-2-3-7-26(24)36-18-19-8-12-21(29)13-9-19/h2-17H,18H2,1H3,(H,30,33)(H,31,32)/b25-17-. The number of para-hydroxylation sites is 1. The van der Waals surface area contributed by atoms with Crippen LogP contribution >= 0.6 is 23.4 Å². The summed E-state index contributed by atoms with van der Waals surface area (Å²) in [5.41, 5.74) is 2.16. The molecule has 182 valence electrons. The number of anilines is 1. The summed E-state index contributed by atoms with van der Waals surface area (Å²) in [4.78, 5) is 27.1. The van der Waals surface area contributed by atoms with Crippen LogP contribution in [0.25, 0.3) is 6.08 Å². The quantitative estimate of drug-likeness (QED) is 0.192. The molecule has 0 bridgehead atoms. The average molecular weight is 519 g/mol. The van der Waals surface area contributed by atoms with Gasteiger partial charge in [-0.05, 0) is 66.2 Å². The molecule has 0 fully saturated rings. The summed E-state index contributed by atoms with van der Waals surface area (Å²) in [6.07, 6.45) is 2.98. The molecule has 0 spiro atoms. The number of carbonyl (C=O) groups excluding carboxylic acids is 2. The number of halogens is 1. The smallest absolute Gasteiger partial charge is 0.272 e. The Morgan fingerprint density at radius 2 is 1.72 bits per heavy atom. The second kappa shape index (κ2) is 12.2. The number of hydrogen-bond donors (Lipinski definition) is 2. The van der Waals surface area contributed by atoms with Gasteiger partial charge in [0, 0.05) is 27.3 Å². The molecule has 1 heterocycles. The van der Waals surface area contributed by atoms with E-state index in [1.54, 1.807) is 55.3 Å². The fourth-order valence-corrected chi connectivity index (χ4v) is 4.33. The Hall–Kier alpha value is -3.94. The van der Waals surface area contributed by atoms with Gasteiger partial charge in [-0.2, -0.15) is 0 Å². The van der Waals surface area contributed by atoms with Crippen molar-refractivity contribution in [2.45, 2.75) is 10.6 Å². The first-order valence-corrected chi connectivity index (χ1v) is 12.4. The third kappa shape index (κ3) is 6.81. The van der Waals surface area contributed by atoms with Crippen molar-refractivity contribution in [1.29, 1.82) is 0 Å². The summed E-state index contributed by atoms with van der Waals surface area (Å²) < 4.78 is 10.5. The molecule has 6 nitrogen and oxygen atoms in total. The highest BCUT2D eigenvalue weighted by Gasteiger charge is 2.17. The molecule has 8 heteroatoms. The Morgan fingerprint density at radius 1 is 0.972 bits per heavy atom. The summed E-state index contributed by atoms with van der Waals surface area (Å²) in [7, 11) is 1.55. The van der Waals surface area contributed by atoms with E-state index in [4.69, 9.17) is 20.8 Å². The number of thioether (sulfide) groups is 1. The molecule has 4 aromatic rings. The van der Waals surface area contributed by atoms with Crippen LogP contribution in [0.1, 0.15) is 21.7 Å². The number of carbonyl (C=O) groups is 2. The van der Waals surface area contributed by atoms with Gasteiger partial charge in [-0.1, -0.05) is 35.9 Å². The summed E-state index contributed by atoms with van der Waals surface area (Å²) in [6, 6.07) is 25.1. The van der Waals surface area contributed by atoms with Gasteiger partial charge in [0.2, 0.25) is 0 Å². The Bertz CT molecular complexity index is 1350. The first-order valence-electron chi connectivity index (χ1n) is 11.0. The van der Waals surface area contributed by atoms with Crippen molar-refractivity contribution in [1.82, 2.24) is 5.32 Å². The molecule has 4 rings (SSSR count). The SMILES string of the molecule is COc1ccc(C(=O)N/C(=C\c2ccco2)C(=O)Nc2ccccc2SCc2ccc(Cl)cc2)cc1. The summed E-state index contributed by atoms with van der Waals surface area (Å²) in [5.74, 6) is 0.848. The van der Waals surface area contributed by atoms with Crippen molar-refractivity contribution in [2.75, 3.05) is 12.4 Å². The maximum absolute atomic E-state index is 13.3. The minimum absolute atomic E-state index is 0.0447. The predicted molar refractivity (Wildman–Crippen MR) is 143 cm³/mol. The van der Waals surface area contributed by atoms with Gasteiger partial charge in [-0.25, -0.2) is 0 Å². The Labute approximate surface area is 218 Å². The molecule has 2 amide bonds. The van der Waals surface area contributed by atoms with Crippen LogP contribution in [-0.4, -0.2) is 18.9 Å². The molecule has 0 aliphatic carbocycles. The Morgan fingerprint density at radius 3 is 2.42 bits per heavy atom. The zero-order valence-corrected chi connectivity index (χ0v) is 20.9. The van der Waals surface area contributed by atoms with E-state index in [1.165, 1.54) is 12.3 Å². The van der Waals surface area contributed by atoms with E-state index in [0.717, 1.165) is 10.5 Å². The number of nitrogens with one attached hydrogen (secondary N) is 2. The van der Waals surface area contributed by atoms with Gasteiger partial charge in [-0.15, -0.1) is 11.8 Å². The molecule has 36 heavy (non-hydrogen) atoms. The lowest BCUT2D eigenvalue weighted by Gasteiger charge is -2.14. The van der Waals surface area contributed by atoms with Gasteiger partial charge in [0.25, 0.3) is 11.8 Å². The van der Waals surface area contributed by atoms with Crippen molar-refractivity contribution in [3.8, 4) is 5.75 Å². The van der Waals surface area contributed by atoms with Crippen molar-refractivity contribution in [3.05, 3.63) is 119 Å². The van der Waals surface area contributed by atoms with Crippen LogP contribution in [0.5, 0.6) is 5.75 Å². The molecule has 1 aromatic heterocycles. The lowest BCUT2D eigenvalue weighted by Crippen LogP contribution is -2.30. The van der Waals surface area contributed by atoms with Crippen LogP contribution in [0.2, 0.25) is 5.02 Å². The maximum Gasteiger partial charge on any atom is 0.272 e. The van der Waals surface area contributed by atoms with E-state index in [0.29, 0.717) is 33.5 Å². The summed E-state index contributed by atoms with van der Waals surface area (Å²) in [5, 5.41) is 6.30. The van der Waals surface area contributed by atoms with Crippen LogP contribution < -0.4 is 15.4 Å². The first-order chi connectivity index (χ1) is 17.5. The van der Waals surface area contributed by atoms with Crippen molar-refractivity contribution < 1.29 is 18.7 Å². The number of amides is 2. The van der Waals surface area contributed by atoms with Crippen LogP contribution in [0.15, 0.2) is 106 Å². The molecule has 0 aliphatic heterocycles. The fourth-order valence-electron chi connectivity index (χ4n) is 3.24. The molecule has 0 unspecified atom stereocenters. The van der Waals surface area contributed by atoms with Crippen LogP contribution in [-0.2, 0) is 10.5 Å². The second-order valence-electron chi connectivity index (χ2n) is 7.62. The van der Waals surface area contributed by atoms with Crippen molar-refractivity contribution in [2.24, 2.45) is 0 Å². The number of furan rings is 1. The van der Waals surface area contributed by atoms with E-state index < -0.39 is 11.8 Å². The van der Waals surface area contributed by atoms with E-state index in [-0.39, 0.29) is 5.70 Å². The Kier molecular flexibility index (Phi) is 8.49. The number of hydrogen-bond acceptors (Lipinski definition) is 5. The zero-order valence-electron chi connectivity index (χ0n) is 19.4. The molecule has 2 N–H and O–H groups in total. The maximum atomic E-state index is 13.3. The van der Waals surface area contributed by atoms with Crippen LogP contribution in [0.4, 0.5) is 5.69 Å². The fraction of sp³-hybridized carbons (Fsp3) is 0.0714. The van der Waals surface area contributed by atoms with Crippen LogP contribution in [0, 0.1) is 0 Å². The lowest BCUT2D eigenvalue weighted by atomic mass is 10.2. The number of ether oxygens (including phenoxy) is 1. The summed E-state index contributed by atoms with van der Waals surface area (Å²) in [6.45, 7) is 0. The van der Waals surface area contributed by atoms with Crippen LogP contribution in [0.3, 0.4) is 0 Å². The Balaban J connectivity index is 1.52. The van der Waals surface area contributed by atoms with Gasteiger partial charge in [-0.3, -0.25) is 9.59 Å². The zero-order chi connectivity index (χ0) is 25.3. The highest BCUT2D eigenvalue weighted by molar-refractivity contribution is 7.98. The van der Waals surface area contributed by atoms with Gasteiger partial charge in [0.1, 0.15) is 17.2 Å². The van der Waals surface area contributed by atoms with Gasteiger partial charge in [0.15, 0.2) is 0 Å². The van der Waals surface area contributed by atoms with Gasteiger partial charge >= 0.3 is 0 Å². The first kappa shape index (κ1) is 25.2. The molecular weight excluding hydrogens is 496 g/mol.